The summed E-state index contributed by atoms with van der Waals surface area (Å²) in [5, 5.41) is 14.8. The van der Waals surface area contributed by atoms with Gasteiger partial charge in [-0.3, -0.25) is 19.9 Å². The van der Waals surface area contributed by atoms with Crippen LogP contribution in [0.25, 0.3) is 0 Å². The first-order valence-corrected chi connectivity index (χ1v) is 9.64. The van der Waals surface area contributed by atoms with Gasteiger partial charge >= 0.3 is 11.7 Å². The van der Waals surface area contributed by atoms with Crippen molar-refractivity contribution in [2.24, 2.45) is 5.92 Å². The minimum Gasteiger partial charge on any atom is -0.466 e. The second-order valence-corrected chi connectivity index (χ2v) is 6.70. The van der Waals surface area contributed by atoms with E-state index in [1.165, 1.54) is 6.33 Å². The highest BCUT2D eigenvalue weighted by Gasteiger charge is 2.32. The summed E-state index contributed by atoms with van der Waals surface area (Å²) in [5.74, 6) is 0.0909. The molecule has 0 amide bonds. The Morgan fingerprint density at radius 1 is 1.31 bits per heavy atom. The number of hydrogen-bond acceptors (Lipinski definition) is 9. The molecule has 0 aliphatic carbocycles. The zero-order valence-electron chi connectivity index (χ0n) is 16.3. The number of rotatable bonds is 8. The van der Waals surface area contributed by atoms with E-state index in [1.54, 1.807) is 19.3 Å². The quantitative estimate of drug-likeness (QED) is 0.403. The first-order chi connectivity index (χ1) is 14.1. The second kappa shape index (κ2) is 9.76. The largest absolute Gasteiger partial charge is 0.466 e. The molecule has 1 fully saturated rings. The molecule has 29 heavy (non-hydrogen) atoms. The molecule has 3 heterocycles. The van der Waals surface area contributed by atoms with Crippen molar-refractivity contribution in [3.63, 3.8) is 0 Å². The molecular formula is C19H24N6O4. The van der Waals surface area contributed by atoms with E-state index in [0.29, 0.717) is 45.5 Å². The van der Waals surface area contributed by atoms with Gasteiger partial charge in [0.2, 0.25) is 11.6 Å². The summed E-state index contributed by atoms with van der Waals surface area (Å²) in [6, 6.07) is 3.80. The number of nitrogens with zero attached hydrogens (tertiary/aromatic N) is 5. The van der Waals surface area contributed by atoms with Crippen molar-refractivity contribution in [2.75, 3.05) is 36.5 Å². The first kappa shape index (κ1) is 20.4. The summed E-state index contributed by atoms with van der Waals surface area (Å²) in [6.07, 6.45) is 6.58. The van der Waals surface area contributed by atoms with Gasteiger partial charge in [-0.15, -0.1) is 0 Å². The molecule has 0 unspecified atom stereocenters. The van der Waals surface area contributed by atoms with Crippen LogP contribution in [0.1, 0.15) is 25.3 Å². The minimum atomic E-state index is -0.457. The lowest BCUT2D eigenvalue weighted by Gasteiger charge is -2.31. The smallest absolute Gasteiger partial charge is 0.353 e. The Balaban J connectivity index is 1.69. The van der Waals surface area contributed by atoms with Gasteiger partial charge in [0, 0.05) is 32.0 Å². The van der Waals surface area contributed by atoms with Crippen molar-refractivity contribution in [3.8, 4) is 0 Å². The van der Waals surface area contributed by atoms with Crippen molar-refractivity contribution in [2.45, 2.75) is 26.2 Å². The zero-order chi connectivity index (χ0) is 20.6. The number of carbonyl (C=O) groups is 1. The molecule has 0 saturated carbocycles. The van der Waals surface area contributed by atoms with Crippen molar-refractivity contribution in [1.82, 2.24) is 15.0 Å². The van der Waals surface area contributed by atoms with Gasteiger partial charge in [0.25, 0.3) is 0 Å². The number of carbonyl (C=O) groups excluding carboxylic acids is 1. The van der Waals surface area contributed by atoms with E-state index in [-0.39, 0.29) is 29.2 Å². The van der Waals surface area contributed by atoms with Crippen LogP contribution in [0.15, 0.2) is 30.9 Å². The van der Waals surface area contributed by atoms with E-state index in [4.69, 9.17) is 4.74 Å². The first-order valence-electron chi connectivity index (χ1n) is 9.64. The lowest BCUT2D eigenvalue weighted by Crippen LogP contribution is -2.37. The number of aromatic nitrogens is 3. The third kappa shape index (κ3) is 5.15. The number of nitrogens with one attached hydrogen (secondary N) is 1. The van der Waals surface area contributed by atoms with E-state index >= 15 is 0 Å². The van der Waals surface area contributed by atoms with Crippen LogP contribution < -0.4 is 10.2 Å². The molecule has 154 valence electrons. The molecule has 0 spiro atoms. The lowest BCUT2D eigenvalue weighted by molar-refractivity contribution is -0.383. The second-order valence-electron chi connectivity index (χ2n) is 6.70. The number of hydrogen-bond donors (Lipinski definition) is 1. The molecule has 0 atom stereocenters. The Hall–Kier alpha value is -3.30. The molecule has 10 nitrogen and oxygen atoms in total. The Labute approximate surface area is 168 Å². The highest BCUT2D eigenvalue weighted by Crippen LogP contribution is 2.34. The van der Waals surface area contributed by atoms with E-state index in [9.17, 15) is 14.9 Å². The van der Waals surface area contributed by atoms with Crippen LogP contribution in [0.4, 0.5) is 17.3 Å². The molecule has 1 aliphatic heterocycles. The van der Waals surface area contributed by atoms with Gasteiger partial charge in [-0.2, -0.15) is 0 Å². The fraction of sp³-hybridized carbons (Fsp3) is 0.474. The van der Waals surface area contributed by atoms with Crippen LogP contribution in [-0.2, 0) is 16.0 Å². The van der Waals surface area contributed by atoms with Gasteiger partial charge < -0.3 is 15.0 Å². The fourth-order valence-electron chi connectivity index (χ4n) is 3.36. The summed E-state index contributed by atoms with van der Waals surface area (Å²) in [5.41, 5.74) is 0.933. The predicted molar refractivity (Wildman–Crippen MR) is 107 cm³/mol. The maximum Gasteiger partial charge on any atom is 0.353 e. The highest BCUT2D eigenvalue weighted by molar-refractivity contribution is 5.74. The lowest BCUT2D eigenvalue weighted by atomic mass is 9.97. The molecule has 1 aliphatic rings. The van der Waals surface area contributed by atoms with E-state index < -0.39 is 4.92 Å². The zero-order valence-corrected chi connectivity index (χ0v) is 16.3. The minimum absolute atomic E-state index is 0.142. The predicted octanol–water partition coefficient (Wildman–Crippen LogP) is 2.21. The molecular weight excluding hydrogens is 376 g/mol. The van der Waals surface area contributed by atoms with Crippen LogP contribution in [0, 0.1) is 16.0 Å². The monoisotopic (exact) mass is 400 g/mol. The van der Waals surface area contributed by atoms with Crippen LogP contribution in [0.5, 0.6) is 0 Å². The maximum atomic E-state index is 11.9. The van der Waals surface area contributed by atoms with Crippen molar-refractivity contribution < 1.29 is 14.5 Å². The number of piperidine rings is 1. The normalized spacial score (nSPS) is 14.4. The number of esters is 1. The van der Waals surface area contributed by atoms with E-state index in [1.807, 2.05) is 17.0 Å². The fourth-order valence-corrected chi connectivity index (χ4v) is 3.36. The highest BCUT2D eigenvalue weighted by atomic mass is 16.6. The van der Waals surface area contributed by atoms with Crippen LogP contribution in [0.2, 0.25) is 0 Å². The average molecular weight is 400 g/mol. The van der Waals surface area contributed by atoms with Gasteiger partial charge in [0.15, 0.2) is 0 Å². The van der Waals surface area contributed by atoms with Gasteiger partial charge in [0.05, 0.1) is 17.4 Å². The molecule has 0 aromatic carbocycles. The van der Waals surface area contributed by atoms with Gasteiger partial charge in [-0.1, -0.05) is 0 Å². The average Bonchev–Trinajstić information content (AvgIpc) is 2.74. The van der Waals surface area contributed by atoms with E-state index in [0.717, 1.165) is 5.56 Å². The Morgan fingerprint density at radius 3 is 2.69 bits per heavy atom. The molecule has 1 N–H and O–H groups in total. The topological polar surface area (TPSA) is 123 Å². The Morgan fingerprint density at radius 2 is 2.03 bits per heavy atom. The van der Waals surface area contributed by atoms with Gasteiger partial charge in [0.1, 0.15) is 6.33 Å². The van der Waals surface area contributed by atoms with Crippen LogP contribution in [0.3, 0.4) is 0 Å². The Kier molecular flexibility index (Phi) is 6.88. The third-order valence-corrected chi connectivity index (χ3v) is 4.86. The summed E-state index contributed by atoms with van der Waals surface area (Å²) in [4.78, 5) is 37.3. The molecule has 0 radical (unpaired) electrons. The standard InChI is InChI=1S/C19H24N6O4/c1-2-29-19(26)15-6-11-24(12-7-15)18-16(25(27)28)17(22-13-23-18)21-10-5-14-3-8-20-9-4-14/h3-4,8-9,13,15H,2,5-7,10-12H2,1H3,(H,21,22,23). The number of anilines is 2. The van der Waals surface area contributed by atoms with Crippen molar-refractivity contribution in [1.29, 1.82) is 0 Å². The molecule has 0 bridgehead atoms. The van der Waals surface area contributed by atoms with Crippen LogP contribution >= 0.6 is 0 Å². The molecule has 2 aromatic rings. The van der Waals surface area contributed by atoms with E-state index in [2.05, 4.69) is 20.3 Å². The maximum absolute atomic E-state index is 11.9. The van der Waals surface area contributed by atoms with Crippen molar-refractivity contribution >= 4 is 23.3 Å². The summed E-state index contributed by atoms with van der Waals surface area (Å²) >= 11 is 0. The summed E-state index contributed by atoms with van der Waals surface area (Å²) in [6.45, 7) is 3.62. The number of ether oxygens (including phenoxy) is 1. The Bertz CT molecular complexity index is 840. The van der Waals surface area contributed by atoms with Gasteiger partial charge in [-0.25, -0.2) is 9.97 Å². The van der Waals surface area contributed by atoms with Crippen molar-refractivity contribution in [3.05, 3.63) is 46.5 Å². The van der Waals surface area contributed by atoms with Crippen LogP contribution in [-0.4, -0.2) is 52.1 Å². The molecule has 1 saturated heterocycles. The summed E-state index contributed by atoms with van der Waals surface area (Å²) < 4.78 is 5.08. The van der Waals surface area contributed by atoms with Gasteiger partial charge in [-0.05, 0) is 43.9 Å². The number of nitro groups is 1. The molecule has 3 rings (SSSR count). The number of pyridine rings is 1. The SMILES string of the molecule is CCOC(=O)C1CCN(c2ncnc(NCCc3ccncc3)c2[N+](=O)[O-])CC1. The third-order valence-electron chi connectivity index (χ3n) is 4.86. The summed E-state index contributed by atoms with van der Waals surface area (Å²) in [7, 11) is 0. The molecule has 2 aromatic heterocycles. The molecule has 10 heteroatoms.